The zero-order chi connectivity index (χ0) is 22.8. The average molecular weight is 447 g/mol. The smallest absolute Gasteiger partial charge is 0.111 e. The van der Waals surface area contributed by atoms with E-state index in [1.54, 1.807) is 0 Å². The second kappa shape index (κ2) is 12.6. The van der Waals surface area contributed by atoms with E-state index in [9.17, 15) is 5.26 Å². The first-order chi connectivity index (χ1) is 15.6. The summed E-state index contributed by atoms with van der Waals surface area (Å²) in [4.78, 5) is 6.06. The van der Waals surface area contributed by atoms with Gasteiger partial charge in [-0.15, -0.1) is 11.8 Å². The van der Waals surface area contributed by atoms with E-state index in [1.807, 2.05) is 50.0 Å². The van der Waals surface area contributed by atoms with E-state index in [1.165, 1.54) is 36.2 Å². The van der Waals surface area contributed by atoms with Crippen LogP contribution in [0.5, 0.6) is 0 Å². The van der Waals surface area contributed by atoms with Crippen LogP contribution in [0.3, 0.4) is 0 Å². The number of nitrogens with zero attached hydrogens (tertiary/aromatic N) is 2. The molecule has 0 spiro atoms. The molecule has 0 radical (unpaired) electrons. The third-order valence-electron chi connectivity index (χ3n) is 5.62. The quantitative estimate of drug-likeness (QED) is 0.365. The molecule has 0 aromatic heterocycles. The van der Waals surface area contributed by atoms with Crippen LogP contribution >= 0.6 is 11.8 Å². The van der Waals surface area contributed by atoms with Crippen molar-refractivity contribution >= 4 is 17.5 Å². The SMILES string of the molecule is CCCCCC1C=CC=CC(C2=CN=C(/C3=C/C=CC(OC(C)C)/C(C#N)=C\C3)CS2)=C1. The van der Waals surface area contributed by atoms with Gasteiger partial charge in [0.2, 0.25) is 0 Å². The molecule has 0 aromatic rings. The lowest BCUT2D eigenvalue weighted by Crippen LogP contribution is -2.18. The highest BCUT2D eigenvalue weighted by Gasteiger charge is 2.18. The maximum atomic E-state index is 9.57. The van der Waals surface area contributed by atoms with Gasteiger partial charge >= 0.3 is 0 Å². The van der Waals surface area contributed by atoms with E-state index in [2.05, 4.69) is 49.4 Å². The highest BCUT2D eigenvalue weighted by atomic mass is 32.2. The van der Waals surface area contributed by atoms with Crippen LogP contribution in [0.4, 0.5) is 0 Å². The summed E-state index contributed by atoms with van der Waals surface area (Å²) in [5.41, 5.74) is 4.17. The van der Waals surface area contributed by atoms with Gasteiger partial charge in [-0.2, -0.15) is 5.26 Å². The molecule has 3 nitrogen and oxygen atoms in total. The number of unbranched alkanes of at least 4 members (excludes halogenated alkanes) is 2. The molecular formula is C28H34N2OS. The topological polar surface area (TPSA) is 45.4 Å². The Morgan fingerprint density at radius 1 is 1.22 bits per heavy atom. The predicted molar refractivity (Wildman–Crippen MR) is 138 cm³/mol. The number of rotatable bonds is 8. The molecule has 3 aliphatic rings. The summed E-state index contributed by atoms with van der Waals surface area (Å²) >= 11 is 1.85. The van der Waals surface area contributed by atoms with Crippen LogP contribution < -0.4 is 0 Å². The number of hydrogen-bond acceptors (Lipinski definition) is 4. The molecule has 168 valence electrons. The highest BCUT2D eigenvalue weighted by molar-refractivity contribution is 8.04. The largest absolute Gasteiger partial charge is 0.366 e. The van der Waals surface area contributed by atoms with Crippen molar-refractivity contribution in [3.05, 3.63) is 82.5 Å². The second-order valence-electron chi connectivity index (χ2n) is 8.54. The first kappa shape index (κ1) is 24.3. The average Bonchev–Trinajstić information content (AvgIpc) is 3.02. The number of hydrogen-bond donors (Lipinski definition) is 0. The number of ether oxygens (including phenoxy) is 1. The van der Waals surface area contributed by atoms with Crippen LogP contribution in [0.25, 0.3) is 0 Å². The fourth-order valence-electron chi connectivity index (χ4n) is 3.89. The molecule has 0 saturated carbocycles. The number of thioether (sulfide) groups is 1. The minimum atomic E-state index is -0.278. The van der Waals surface area contributed by atoms with Gasteiger partial charge in [0.15, 0.2) is 0 Å². The van der Waals surface area contributed by atoms with Crippen molar-refractivity contribution < 1.29 is 4.74 Å². The Kier molecular flexibility index (Phi) is 9.59. The van der Waals surface area contributed by atoms with E-state index in [4.69, 9.17) is 9.73 Å². The van der Waals surface area contributed by atoms with Crippen molar-refractivity contribution in [1.29, 1.82) is 5.26 Å². The van der Waals surface area contributed by atoms with Gasteiger partial charge in [0.25, 0.3) is 0 Å². The van der Waals surface area contributed by atoms with Crippen LogP contribution in [0.1, 0.15) is 52.9 Å². The van der Waals surface area contributed by atoms with Crippen molar-refractivity contribution in [3.8, 4) is 6.07 Å². The van der Waals surface area contributed by atoms with Gasteiger partial charge in [-0.25, -0.2) is 0 Å². The van der Waals surface area contributed by atoms with Crippen LogP contribution in [-0.2, 0) is 4.74 Å². The summed E-state index contributed by atoms with van der Waals surface area (Å²) < 4.78 is 5.87. The van der Waals surface area contributed by atoms with Gasteiger partial charge in [0.1, 0.15) is 6.10 Å². The minimum absolute atomic E-state index is 0.0701. The van der Waals surface area contributed by atoms with Crippen molar-refractivity contribution in [2.45, 2.75) is 65.1 Å². The maximum absolute atomic E-state index is 9.57. The third-order valence-corrected chi connectivity index (χ3v) is 6.69. The van der Waals surface area contributed by atoms with Crippen LogP contribution in [-0.4, -0.2) is 23.7 Å². The van der Waals surface area contributed by atoms with Crippen molar-refractivity contribution in [2.75, 3.05) is 5.75 Å². The summed E-state index contributed by atoms with van der Waals surface area (Å²) in [7, 11) is 0. The zero-order valence-electron chi connectivity index (χ0n) is 19.5. The Bertz CT molecular complexity index is 950. The molecule has 2 aliphatic carbocycles. The van der Waals surface area contributed by atoms with Gasteiger partial charge in [-0.1, -0.05) is 80.9 Å². The maximum Gasteiger partial charge on any atom is 0.111 e. The Morgan fingerprint density at radius 2 is 2.09 bits per heavy atom. The Labute approximate surface area is 197 Å². The third kappa shape index (κ3) is 7.08. The fraction of sp³-hybridized carbons (Fsp3) is 0.429. The molecule has 2 unspecified atom stereocenters. The normalized spacial score (nSPS) is 26.5. The lowest BCUT2D eigenvalue weighted by molar-refractivity contribution is 0.0572. The van der Waals surface area contributed by atoms with Crippen molar-refractivity contribution in [2.24, 2.45) is 10.9 Å². The molecule has 4 heteroatoms. The monoisotopic (exact) mass is 446 g/mol. The molecule has 0 saturated heterocycles. The summed E-state index contributed by atoms with van der Waals surface area (Å²) in [5.74, 6) is 1.33. The number of aliphatic imine (C=N–C) groups is 1. The molecule has 2 atom stereocenters. The Hall–Kier alpha value is -2.35. The van der Waals surface area contributed by atoms with E-state index >= 15 is 0 Å². The molecular weight excluding hydrogens is 412 g/mol. The standard InChI is InChI=1S/C28H34N2OS/c1-4-5-6-10-22-11-7-8-12-24(17-22)28-19-30-26(20-32-28)23-13-9-14-27(31-21(2)3)25(18-29)16-15-23/h7-9,11-14,16-17,19,21-22,27H,4-6,10,15,20H2,1-3H3/b14-9?,23-13+,25-16-. The fourth-order valence-corrected chi connectivity index (χ4v) is 4.87. The molecule has 1 aliphatic heterocycles. The van der Waals surface area contributed by atoms with Gasteiger partial charge in [-0.3, -0.25) is 4.99 Å². The summed E-state index contributed by atoms with van der Waals surface area (Å²) in [6.45, 7) is 6.23. The van der Waals surface area contributed by atoms with Crippen LogP contribution in [0, 0.1) is 17.2 Å². The molecule has 0 amide bonds. The van der Waals surface area contributed by atoms with Crippen LogP contribution in [0.2, 0.25) is 0 Å². The molecule has 0 fully saturated rings. The molecule has 3 rings (SSSR count). The van der Waals surface area contributed by atoms with E-state index in [-0.39, 0.29) is 12.2 Å². The minimum Gasteiger partial charge on any atom is -0.366 e. The Morgan fingerprint density at radius 3 is 2.81 bits per heavy atom. The first-order valence-electron chi connectivity index (χ1n) is 11.7. The van der Waals surface area contributed by atoms with Gasteiger partial charge in [-0.05, 0) is 43.8 Å². The predicted octanol–water partition coefficient (Wildman–Crippen LogP) is 7.39. The van der Waals surface area contributed by atoms with E-state index in [0.717, 1.165) is 17.0 Å². The molecule has 0 N–H and O–H groups in total. The highest BCUT2D eigenvalue weighted by Crippen LogP contribution is 2.33. The van der Waals surface area contributed by atoms with E-state index < -0.39 is 0 Å². The van der Waals surface area contributed by atoms with Gasteiger partial charge < -0.3 is 4.74 Å². The zero-order valence-corrected chi connectivity index (χ0v) is 20.3. The number of nitriles is 1. The summed E-state index contributed by atoms with van der Waals surface area (Å²) in [5, 5.41) is 9.57. The first-order valence-corrected chi connectivity index (χ1v) is 12.7. The molecule has 0 aromatic carbocycles. The summed E-state index contributed by atoms with van der Waals surface area (Å²) in [6.07, 6.45) is 26.8. The molecule has 1 heterocycles. The lowest BCUT2D eigenvalue weighted by Gasteiger charge is -2.20. The molecule has 0 bridgehead atoms. The lowest BCUT2D eigenvalue weighted by atomic mass is 9.98. The Balaban J connectivity index is 1.74. The molecule has 32 heavy (non-hydrogen) atoms. The summed E-state index contributed by atoms with van der Waals surface area (Å²) in [6, 6.07) is 2.31. The number of allylic oxidation sites excluding steroid dienone is 10. The van der Waals surface area contributed by atoms with Gasteiger partial charge in [0.05, 0.1) is 23.5 Å². The van der Waals surface area contributed by atoms with Crippen molar-refractivity contribution in [3.63, 3.8) is 0 Å². The van der Waals surface area contributed by atoms with E-state index in [0.29, 0.717) is 17.9 Å². The van der Waals surface area contributed by atoms with Gasteiger partial charge in [0, 0.05) is 16.9 Å². The van der Waals surface area contributed by atoms with Crippen LogP contribution in [0.15, 0.2) is 87.5 Å². The second-order valence-corrected chi connectivity index (χ2v) is 9.56. The van der Waals surface area contributed by atoms with Crippen molar-refractivity contribution in [1.82, 2.24) is 0 Å².